The SMILES string of the molecule is CC(C)=C[SiH2]CNC[Si](C(C)C)(C(C)C)C(C)C. The number of hydrogen-bond donors (Lipinski definition) is 1. The maximum Gasteiger partial charge on any atom is 0.0762 e. The molecule has 0 rings (SSSR count). The summed E-state index contributed by atoms with van der Waals surface area (Å²) < 4.78 is 0. The van der Waals surface area contributed by atoms with Crippen LogP contribution in [0.1, 0.15) is 55.4 Å². The van der Waals surface area contributed by atoms with E-state index in [2.05, 4.69) is 66.4 Å². The Kier molecular flexibility index (Phi) is 8.40. The quantitative estimate of drug-likeness (QED) is 0.528. The monoisotopic (exact) mass is 285 g/mol. The Hall–Kier alpha value is 0.134. The Morgan fingerprint density at radius 1 is 1.00 bits per heavy atom. The molecular formula is C15H35NSi2. The number of hydrogen-bond acceptors (Lipinski definition) is 1. The highest BCUT2D eigenvalue weighted by molar-refractivity contribution is 6.83. The Morgan fingerprint density at radius 2 is 1.44 bits per heavy atom. The van der Waals surface area contributed by atoms with E-state index in [4.69, 9.17) is 0 Å². The molecule has 0 aromatic rings. The lowest BCUT2D eigenvalue weighted by Crippen LogP contribution is -2.53. The first-order valence-corrected chi connectivity index (χ1v) is 11.8. The van der Waals surface area contributed by atoms with Crippen LogP contribution in [0, 0.1) is 0 Å². The van der Waals surface area contributed by atoms with Gasteiger partial charge in [0.25, 0.3) is 0 Å². The third-order valence-corrected chi connectivity index (χ3v) is 13.6. The molecule has 0 fully saturated rings. The lowest BCUT2D eigenvalue weighted by Gasteiger charge is -2.43. The zero-order valence-corrected chi connectivity index (χ0v) is 16.3. The number of allylic oxidation sites excluding steroid dienone is 1. The van der Waals surface area contributed by atoms with E-state index in [0.29, 0.717) is 0 Å². The summed E-state index contributed by atoms with van der Waals surface area (Å²) in [5.41, 5.74) is 6.57. The molecule has 0 aromatic carbocycles. The maximum atomic E-state index is 3.80. The van der Waals surface area contributed by atoms with Crippen molar-refractivity contribution in [2.75, 3.05) is 12.3 Å². The Balaban J connectivity index is 4.48. The molecule has 0 aliphatic rings. The van der Waals surface area contributed by atoms with E-state index in [1.165, 1.54) is 17.9 Å². The highest BCUT2D eigenvalue weighted by Crippen LogP contribution is 2.40. The largest absolute Gasteiger partial charge is 0.322 e. The molecule has 3 heteroatoms. The van der Waals surface area contributed by atoms with Crippen molar-refractivity contribution in [3.05, 3.63) is 11.3 Å². The average Bonchev–Trinajstić information content (AvgIpc) is 2.20. The van der Waals surface area contributed by atoms with Gasteiger partial charge in [-0.2, -0.15) is 0 Å². The van der Waals surface area contributed by atoms with Gasteiger partial charge in [-0.05, 0) is 42.8 Å². The fourth-order valence-electron chi connectivity index (χ4n) is 3.38. The molecule has 1 nitrogen and oxygen atoms in total. The Morgan fingerprint density at radius 3 is 1.78 bits per heavy atom. The molecule has 0 unspecified atom stereocenters. The molecular weight excluding hydrogens is 250 g/mol. The molecule has 0 radical (unpaired) electrons. The van der Waals surface area contributed by atoms with Gasteiger partial charge in [0.15, 0.2) is 0 Å². The van der Waals surface area contributed by atoms with Crippen molar-refractivity contribution < 1.29 is 0 Å². The van der Waals surface area contributed by atoms with E-state index in [1.54, 1.807) is 0 Å². The van der Waals surface area contributed by atoms with E-state index in [-0.39, 0.29) is 9.52 Å². The van der Waals surface area contributed by atoms with Crippen LogP contribution in [0.3, 0.4) is 0 Å². The zero-order chi connectivity index (χ0) is 14.3. The van der Waals surface area contributed by atoms with Crippen molar-refractivity contribution in [2.45, 2.75) is 72.0 Å². The summed E-state index contributed by atoms with van der Waals surface area (Å²) in [6.07, 6.45) is 2.58. The van der Waals surface area contributed by atoms with E-state index < -0.39 is 8.07 Å². The predicted octanol–water partition coefficient (Wildman–Crippen LogP) is 3.84. The standard InChI is InChI=1S/C15H35NSi2/c1-12(2)9-17-10-16-11-18(13(3)4,14(5)6)15(7)8/h9,13-16H,10-11,17H2,1-8H3. The summed E-state index contributed by atoms with van der Waals surface area (Å²) in [5, 5.41) is 3.80. The minimum absolute atomic E-state index is 0.0297. The fourth-order valence-corrected chi connectivity index (χ4v) is 10.7. The summed E-state index contributed by atoms with van der Waals surface area (Å²) in [6.45, 7) is 19.1. The summed E-state index contributed by atoms with van der Waals surface area (Å²) in [7, 11) is -1.24. The van der Waals surface area contributed by atoms with Gasteiger partial charge in [0.2, 0.25) is 0 Å². The lowest BCUT2D eigenvalue weighted by atomic mass is 10.4. The molecule has 18 heavy (non-hydrogen) atoms. The number of nitrogens with one attached hydrogen (secondary N) is 1. The molecule has 1 N–H and O–H groups in total. The normalized spacial score (nSPS) is 13.3. The van der Waals surface area contributed by atoms with E-state index in [9.17, 15) is 0 Å². The van der Waals surface area contributed by atoms with Crippen molar-refractivity contribution in [3.8, 4) is 0 Å². The van der Waals surface area contributed by atoms with E-state index >= 15 is 0 Å². The molecule has 108 valence electrons. The van der Waals surface area contributed by atoms with Gasteiger partial charge in [-0.1, -0.05) is 47.1 Å². The van der Waals surface area contributed by atoms with Crippen LogP contribution in [0.15, 0.2) is 11.3 Å². The van der Waals surface area contributed by atoms with Gasteiger partial charge >= 0.3 is 0 Å². The van der Waals surface area contributed by atoms with Crippen LogP contribution >= 0.6 is 0 Å². The second-order valence-corrected chi connectivity index (χ2v) is 14.4. The topological polar surface area (TPSA) is 12.0 Å². The van der Waals surface area contributed by atoms with Crippen molar-refractivity contribution in [1.82, 2.24) is 5.32 Å². The molecule has 0 spiro atoms. The molecule has 0 saturated carbocycles. The molecule has 0 aliphatic heterocycles. The second kappa shape index (κ2) is 8.33. The first-order valence-electron chi connectivity index (χ1n) is 7.59. The number of rotatable bonds is 8. The molecule has 0 amide bonds. The van der Waals surface area contributed by atoms with Gasteiger partial charge in [-0.3, -0.25) is 0 Å². The van der Waals surface area contributed by atoms with Crippen molar-refractivity contribution in [2.24, 2.45) is 0 Å². The van der Waals surface area contributed by atoms with Crippen molar-refractivity contribution >= 4 is 17.6 Å². The zero-order valence-electron chi connectivity index (χ0n) is 13.9. The molecule has 0 saturated heterocycles. The van der Waals surface area contributed by atoms with Crippen LogP contribution in [0.25, 0.3) is 0 Å². The predicted molar refractivity (Wildman–Crippen MR) is 91.9 cm³/mol. The third kappa shape index (κ3) is 5.02. The first-order chi connectivity index (χ1) is 8.25. The van der Waals surface area contributed by atoms with E-state index in [0.717, 1.165) is 16.6 Å². The van der Waals surface area contributed by atoms with Gasteiger partial charge in [0.05, 0.1) is 17.6 Å². The van der Waals surface area contributed by atoms with Gasteiger partial charge in [-0.15, -0.1) is 5.70 Å². The summed E-state index contributed by atoms with van der Waals surface area (Å²) in [4.78, 5) is 0. The molecule has 0 aliphatic carbocycles. The summed E-state index contributed by atoms with van der Waals surface area (Å²) in [6, 6.07) is 0. The van der Waals surface area contributed by atoms with Crippen molar-refractivity contribution in [1.29, 1.82) is 0 Å². The van der Waals surface area contributed by atoms with Crippen LogP contribution < -0.4 is 5.32 Å². The van der Waals surface area contributed by atoms with Crippen LogP contribution in [0.4, 0.5) is 0 Å². The summed E-state index contributed by atoms with van der Waals surface area (Å²) >= 11 is 0. The first kappa shape index (κ1) is 18.1. The molecule has 0 aromatic heterocycles. The molecule has 0 heterocycles. The maximum absolute atomic E-state index is 3.80. The Labute approximate surface area is 119 Å². The van der Waals surface area contributed by atoms with Crippen LogP contribution in [-0.2, 0) is 0 Å². The van der Waals surface area contributed by atoms with Crippen LogP contribution in [0.2, 0.25) is 16.6 Å². The van der Waals surface area contributed by atoms with Gasteiger partial charge < -0.3 is 5.32 Å². The minimum Gasteiger partial charge on any atom is -0.322 e. The fraction of sp³-hybridized carbons (Fsp3) is 0.867. The van der Waals surface area contributed by atoms with Crippen LogP contribution in [0.5, 0.6) is 0 Å². The second-order valence-electron chi connectivity index (χ2n) is 6.82. The van der Waals surface area contributed by atoms with Crippen LogP contribution in [-0.4, -0.2) is 29.9 Å². The smallest absolute Gasteiger partial charge is 0.0762 e. The minimum atomic E-state index is -1.21. The third-order valence-electron chi connectivity index (χ3n) is 4.53. The molecule has 0 bridgehead atoms. The van der Waals surface area contributed by atoms with E-state index in [1.807, 2.05) is 0 Å². The average molecular weight is 286 g/mol. The lowest BCUT2D eigenvalue weighted by molar-refractivity contribution is 0.757. The van der Waals surface area contributed by atoms with Gasteiger partial charge in [0.1, 0.15) is 0 Å². The van der Waals surface area contributed by atoms with Gasteiger partial charge in [-0.25, -0.2) is 0 Å². The van der Waals surface area contributed by atoms with Crippen molar-refractivity contribution in [3.63, 3.8) is 0 Å². The summed E-state index contributed by atoms with van der Waals surface area (Å²) in [5.74, 6) is 0. The Bertz CT molecular complexity index is 231. The highest BCUT2D eigenvalue weighted by atomic mass is 28.3. The van der Waals surface area contributed by atoms with Gasteiger partial charge in [0, 0.05) is 0 Å². The highest BCUT2D eigenvalue weighted by Gasteiger charge is 2.41. The molecule has 0 atom stereocenters.